The van der Waals surface area contributed by atoms with Crippen molar-refractivity contribution in [2.24, 2.45) is 0 Å². The highest BCUT2D eigenvalue weighted by atomic mass is 32.1. The molecule has 32 heavy (non-hydrogen) atoms. The van der Waals surface area contributed by atoms with Gasteiger partial charge in [0.15, 0.2) is 17.6 Å². The molecule has 0 saturated heterocycles. The van der Waals surface area contributed by atoms with Gasteiger partial charge in [-0.05, 0) is 54.6 Å². The van der Waals surface area contributed by atoms with Gasteiger partial charge in [-0.2, -0.15) is 5.10 Å². The molecule has 5 rings (SSSR count). The van der Waals surface area contributed by atoms with Gasteiger partial charge in [0, 0.05) is 24.0 Å². The lowest BCUT2D eigenvalue weighted by atomic mass is 10.1. The van der Waals surface area contributed by atoms with Crippen LogP contribution in [-0.2, 0) is 22.5 Å². The molecule has 3 aromatic heterocycles. The highest BCUT2D eigenvalue weighted by molar-refractivity contribution is 7.10. The van der Waals surface area contributed by atoms with Crippen LogP contribution >= 0.6 is 11.3 Å². The van der Waals surface area contributed by atoms with Crippen molar-refractivity contribution in [3.8, 4) is 17.1 Å². The third-order valence-electron chi connectivity index (χ3n) is 5.44. The van der Waals surface area contributed by atoms with Crippen LogP contribution in [0.5, 0.6) is 0 Å². The van der Waals surface area contributed by atoms with E-state index in [1.54, 1.807) is 47.6 Å². The average molecular weight is 448 g/mol. The molecule has 1 aliphatic rings. The largest absolute Gasteiger partial charge is 0.463 e. The van der Waals surface area contributed by atoms with E-state index in [1.807, 2.05) is 41.8 Å². The van der Waals surface area contributed by atoms with Gasteiger partial charge in [0.25, 0.3) is 5.91 Å². The minimum absolute atomic E-state index is 0.202. The summed E-state index contributed by atoms with van der Waals surface area (Å²) in [5.41, 5.74) is 2.60. The Morgan fingerprint density at radius 3 is 2.78 bits per heavy atom. The van der Waals surface area contributed by atoms with E-state index in [9.17, 15) is 9.59 Å². The van der Waals surface area contributed by atoms with E-state index in [0.717, 1.165) is 6.42 Å². The Bertz CT molecular complexity index is 1240. The number of ether oxygens (including phenoxy) is 1. The molecule has 162 valence electrons. The van der Waals surface area contributed by atoms with Gasteiger partial charge in [0.05, 0.1) is 12.0 Å². The number of benzene rings is 1. The van der Waals surface area contributed by atoms with Gasteiger partial charge < -0.3 is 14.1 Å². The molecular weight excluding hydrogens is 426 g/mol. The third-order valence-corrected chi connectivity index (χ3v) is 6.47. The number of nitrogens with zero attached hydrogens (tertiary/aromatic N) is 3. The second kappa shape index (κ2) is 8.47. The van der Waals surface area contributed by atoms with Gasteiger partial charge in [-0.15, -0.1) is 11.3 Å². The summed E-state index contributed by atoms with van der Waals surface area (Å²) in [6, 6.07) is 16.5. The Labute approximate surface area is 188 Å². The van der Waals surface area contributed by atoms with Crippen LogP contribution in [-0.4, -0.2) is 39.2 Å². The second-order valence-electron chi connectivity index (χ2n) is 7.57. The molecule has 0 saturated carbocycles. The maximum atomic E-state index is 13.1. The van der Waals surface area contributed by atoms with E-state index in [4.69, 9.17) is 9.15 Å². The van der Waals surface area contributed by atoms with Gasteiger partial charge in [-0.25, -0.2) is 9.48 Å². The number of thiophene rings is 1. The van der Waals surface area contributed by atoms with Gasteiger partial charge in [0.2, 0.25) is 0 Å². The standard InChI is InChI=1S/C24H21N3O4S/c1-16(23(28)26-11-9-22-17(15-26)10-13-32-22)31-24(29)20-14-19(21-8-5-12-30-21)25-27(20)18-6-3-2-4-7-18/h2-8,10,12-14,16H,9,11,15H2,1H3. The summed E-state index contributed by atoms with van der Waals surface area (Å²) < 4.78 is 12.5. The molecule has 0 spiro atoms. The Kier molecular flexibility index (Phi) is 5.36. The molecule has 1 amide bonds. The first-order chi connectivity index (χ1) is 15.6. The number of aromatic nitrogens is 2. The van der Waals surface area contributed by atoms with Crippen LogP contribution in [0, 0.1) is 0 Å². The highest BCUT2D eigenvalue weighted by Gasteiger charge is 2.29. The number of hydrogen-bond donors (Lipinski definition) is 0. The van der Waals surface area contributed by atoms with E-state index in [-0.39, 0.29) is 11.6 Å². The Balaban J connectivity index is 1.37. The van der Waals surface area contributed by atoms with Crippen molar-refractivity contribution in [3.63, 3.8) is 0 Å². The minimum atomic E-state index is -0.908. The SMILES string of the molecule is CC(OC(=O)c1cc(-c2ccco2)nn1-c1ccccc1)C(=O)N1CCc2sccc2C1. The Morgan fingerprint density at radius 2 is 2.00 bits per heavy atom. The number of para-hydroxylation sites is 1. The van der Waals surface area contributed by atoms with Crippen molar-refractivity contribution in [1.82, 2.24) is 14.7 Å². The van der Waals surface area contributed by atoms with E-state index in [2.05, 4.69) is 5.10 Å². The maximum Gasteiger partial charge on any atom is 0.357 e. The van der Waals surface area contributed by atoms with E-state index in [0.29, 0.717) is 30.2 Å². The van der Waals surface area contributed by atoms with E-state index < -0.39 is 12.1 Å². The first-order valence-corrected chi connectivity index (χ1v) is 11.2. The third kappa shape index (κ3) is 3.85. The number of hydrogen-bond acceptors (Lipinski definition) is 6. The Hall–Kier alpha value is -3.65. The first-order valence-electron chi connectivity index (χ1n) is 10.3. The first kappa shape index (κ1) is 20.3. The fourth-order valence-corrected chi connectivity index (χ4v) is 4.69. The van der Waals surface area contributed by atoms with E-state index >= 15 is 0 Å². The molecular formula is C24H21N3O4S. The van der Waals surface area contributed by atoms with E-state index in [1.165, 1.54) is 15.1 Å². The molecule has 0 N–H and O–H groups in total. The van der Waals surface area contributed by atoms with Crippen molar-refractivity contribution in [3.05, 3.63) is 82.4 Å². The molecule has 4 aromatic rings. The van der Waals surface area contributed by atoms with Crippen LogP contribution in [0.2, 0.25) is 0 Å². The van der Waals surface area contributed by atoms with Gasteiger partial charge in [0.1, 0.15) is 5.69 Å². The fourth-order valence-electron chi connectivity index (χ4n) is 3.80. The number of esters is 1. The van der Waals surface area contributed by atoms with Crippen LogP contribution in [0.15, 0.2) is 70.7 Å². The van der Waals surface area contributed by atoms with Crippen molar-refractivity contribution in [2.75, 3.05) is 6.54 Å². The summed E-state index contributed by atoms with van der Waals surface area (Å²) in [6.45, 7) is 2.78. The summed E-state index contributed by atoms with van der Waals surface area (Å²) in [6.07, 6.45) is 1.47. The number of carbonyl (C=O) groups is 2. The summed E-state index contributed by atoms with van der Waals surface area (Å²) in [5, 5.41) is 6.58. The zero-order valence-electron chi connectivity index (χ0n) is 17.4. The van der Waals surface area contributed by atoms with Crippen LogP contribution in [0.1, 0.15) is 27.9 Å². The number of fused-ring (bicyclic) bond motifs is 1. The Morgan fingerprint density at radius 1 is 1.16 bits per heavy atom. The smallest absolute Gasteiger partial charge is 0.357 e. The molecule has 0 aliphatic carbocycles. The minimum Gasteiger partial charge on any atom is -0.463 e. The van der Waals surface area contributed by atoms with Crippen molar-refractivity contribution in [1.29, 1.82) is 0 Å². The van der Waals surface area contributed by atoms with Crippen molar-refractivity contribution in [2.45, 2.75) is 26.0 Å². The number of furan rings is 1. The number of rotatable bonds is 5. The van der Waals surface area contributed by atoms with Crippen LogP contribution in [0.3, 0.4) is 0 Å². The quantitative estimate of drug-likeness (QED) is 0.426. The molecule has 7 nitrogen and oxygen atoms in total. The maximum absolute atomic E-state index is 13.1. The lowest BCUT2D eigenvalue weighted by Gasteiger charge is -2.29. The predicted octanol–water partition coefficient (Wildman–Crippen LogP) is 4.32. The lowest BCUT2D eigenvalue weighted by Crippen LogP contribution is -2.42. The summed E-state index contributed by atoms with van der Waals surface area (Å²) >= 11 is 1.72. The zero-order valence-corrected chi connectivity index (χ0v) is 18.2. The van der Waals surface area contributed by atoms with Crippen LogP contribution in [0.25, 0.3) is 17.1 Å². The average Bonchev–Trinajstić information content (AvgIpc) is 3.58. The van der Waals surface area contributed by atoms with Crippen LogP contribution < -0.4 is 0 Å². The second-order valence-corrected chi connectivity index (χ2v) is 8.57. The normalized spacial score (nSPS) is 14.1. The molecule has 1 aliphatic heterocycles. The summed E-state index contributed by atoms with van der Waals surface area (Å²) in [7, 11) is 0. The molecule has 1 atom stereocenters. The molecule has 4 heterocycles. The zero-order chi connectivity index (χ0) is 22.1. The topological polar surface area (TPSA) is 77.6 Å². The lowest BCUT2D eigenvalue weighted by molar-refractivity contribution is -0.140. The number of amides is 1. The van der Waals surface area contributed by atoms with Crippen molar-refractivity contribution < 1.29 is 18.7 Å². The van der Waals surface area contributed by atoms with Gasteiger partial charge >= 0.3 is 5.97 Å². The van der Waals surface area contributed by atoms with Gasteiger partial charge in [-0.3, -0.25) is 4.79 Å². The summed E-state index contributed by atoms with van der Waals surface area (Å²) in [5.74, 6) is -0.279. The fraction of sp³-hybridized carbons (Fsp3) is 0.208. The monoisotopic (exact) mass is 447 g/mol. The van der Waals surface area contributed by atoms with Crippen LogP contribution in [0.4, 0.5) is 0 Å². The van der Waals surface area contributed by atoms with Gasteiger partial charge in [-0.1, -0.05) is 18.2 Å². The predicted molar refractivity (Wildman–Crippen MR) is 120 cm³/mol. The molecule has 8 heteroatoms. The highest BCUT2D eigenvalue weighted by Crippen LogP contribution is 2.26. The molecule has 0 fully saturated rings. The molecule has 0 bridgehead atoms. The molecule has 1 unspecified atom stereocenters. The molecule has 0 radical (unpaired) electrons. The van der Waals surface area contributed by atoms with Crippen molar-refractivity contribution >= 4 is 23.2 Å². The molecule has 1 aromatic carbocycles. The summed E-state index contributed by atoms with van der Waals surface area (Å²) in [4.78, 5) is 29.1. The number of carbonyl (C=O) groups excluding carboxylic acids is 2.